The molecule has 0 saturated heterocycles. The molecule has 1 aromatic heterocycles. The molecule has 0 spiro atoms. The van der Waals surface area contributed by atoms with Gasteiger partial charge in [0.1, 0.15) is 16.9 Å². The summed E-state index contributed by atoms with van der Waals surface area (Å²) in [5.41, 5.74) is 0.147. The Balaban J connectivity index is 2.14. The highest BCUT2D eigenvalue weighted by Gasteiger charge is 2.37. The second kappa shape index (κ2) is 13.0. The third kappa shape index (κ3) is 8.04. The lowest BCUT2D eigenvalue weighted by atomic mass is 9.85. The number of ketones is 2. The molecule has 0 fully saturated rings. The van der Waals surface area contributed by atoms with Gasteiger partial charge in [0.25, 0.3) is 0 Å². The highest BCUT2D eigenvalue weighted by atomic mass is 16.6. The minimum Gasteiger partial charge on any atom is -0.493 e. The van der Waals surface area contributed by atoms with Crippen LogP contribution in [0.25, 0.3) is 5.57 Å². The van der Waals surface area contributed by atoms with Gasteiger partial charge in [0.15, 0.2) is 17.3 Å². The maximum absolute atomic E-state index is 14.3. The molecule has 1 heterocycles. The van der Waals surface area contributed by atoms with Gasteiger partial charge in [-0.3, -0.25) is 9.59 Å². The summed E-state index contributed by atoms with van der Waals surface area (Å²) in [5.74, 6) is -0.284. The third-order valence-electron chi connectivity index (χ3n) is 6.45. The van der Waals surface area contributed by atoms with Crippen LogP contribution in [0.2, 0.25) is 0 Å². The number of methoxy groups -OCH3 is 2. The smallest absolute Gasteiger partial charge is 0.419 e. The van der Waals surface area contributed by atoms with Gasteiger partial charge in [-0.05, 0) is 91.7 Å². The predicted octanol–water partition coefficient (Wildman–Crippen LogP) is 4.92. The SMILES string of the molecule is COc1ccc(CCN(C)C)c(C2=CC(=O)c3c(CCNC(=O)OC(C)(C)C)cn(C(=O)OC(C)(C)C)c3C2=O)c1OC. The van der Waals surface area contributed by atoms with Crippen molar-refractivity contribution in [2.75, 3.05) is 41.4 Å². The second-order valence-corrected chi connectivity index (χ2v) is 12.5. The fourth-order valence-corrected chi connectivity index (χ4v) is 4.71. The number of nitrogens with one attached hydrogen (secondary N) is 1. The van der Waals surface area contributed by atoms with Gasteiger partial charge < -0.3 is 29.2 Å². The summed E-state index contributed by atoms with van der Waals surface area (Å²) < 4.78 is 23.2. The Kier molecular flexibility index (Phi) is 10.1. The molecule has 0 unspecified atom stereocenters. The Morgan fingerprint density at radius 3 is 2.09 bits per heavy atom. The van der Waals surface area contributed by atoms with E-state index in [1.54, 1.807) is 47.6 Å². The number of allylic oxidation sites excluding steroid dienone is 2. The number of carbonyl (C=O) groups is 4. The minimum absolute atomic E-state index is 0.0855. The van der Waals surface area contributed by atoms with Crippen molar-refractivity contribution in [3.63, 3.8) is 0 Å². The summed E-state index contributed by atoms with van der Waals surface area (Å²) in [4.78, 5) is 55.7. The molecular weight excluding hydrogens is 554 g/mol. The lowest BCUT2D eigenvalue weighted by Crippen LogP contribution is -2.33. The first-order valence-electron chi connectivity index (χ1n) is 14.1. The first-order valence-corrected chi connectivity index (χ1v) is 14.1. The molecular formula is C32H43N3O8. The molecule has 234 valence electrons. The zero-order valence-corrected chi connectivity index (χ0v) is 26.8. The zero-order valence-electron chi connectivity index (χ0n) is 26.8. The molecule has 2 aromatic rings. The number of hydrogen-bond acceptors (Lipinski definition) is 9. The number of benzene rings is 1. The van der Waals surface area contributed by atoms with E-state index in [-0.39, 0.29) is 29.8 Å². The fraction of sp³-hybridized carbons (Fsp3) is 0.500. The number of alkyl carbamates (subject to hydrolysis) is 1. The predicted molar refractivity (Wildman–Crippen MR) is 162 cm³/mol. The van der Waals surface area contributed by atoms with E-state index in [0.29, 0.717) is 35.6 Å². The number of ether oxygens (including phenoxy) is 4. The number of likely N-dealkylation sites (N-methyl/N-ethyl adjacent to an activating group) is 1. The number of fused-ring (bicyclic) bond motifs is 1. The van der Waals surface area contributed by atoms with Crippen molar-refractivity contribution < 1.29 is 38.1 Å². The summed E-state index contributed by atoms with van der Waals surface area (Å²) in [6.45, 7) is 11.2. The Hall–Kier alpha value is -4.12. The molecule has 1 aliphatic carbocycles. The van der Waals surface area contributed by atoms with E-state index < -0.39 is 35.0 Å². The van der Waals surface area contributed by atoms with Gasteiger partial charge in [-0.1, -0.05) is 6.07 Å². The molecule has 0 atom stereocenters. The van der Waals surface area contributed by atoms with Crippen molar-refractivity contribution in [3.8, 4) is 11.5 Å². The zero-order chi connectivity index (χ0) is 32.3. The number of hydrogen-bond donors (Lipinski definition) is 1. The van der Waals surface area contributed by atoms with Gasteiger partial charge in [0.2, 0.25) is 5.78 Å². The maximum Gasteiger partial charge on any atom is 0.419 e. The van der Waals surface area contributed by atoms with Crippen LogP contribution in [0, 0.1) is 0 Å². The van der Waals surface area contributed by atoms with Crippen LogP contribution in [0.1, 0.15) is 79.1 Å². The standard InChI is InChI=1S/C32H43N3O8/c1-31(2,3)42-29(38)33-15-13-20-18-35(30(39)43-32(4,5)6)26-25(20)22(36)17-21(27(26)37)24-19(14-16-34(7)8)11-12-23(40-9)28(24)41-10/h11-12,17-18H,13-16H2,1-10H3,(H,33,38). The average Bonchev–Trinajstić information content (AvgIpc) is 3.27. The second-order valence-electron chi connectivity index (χ2n) is 12.5. The lowest BCUT2D eigenvalue weighted by molar-refractivity contribution is 0.0516. The summed E-state index contributed by atoms with van der Waals surface area (Å²) in [6, 6.07) is 3.60. The van der Waals surface area contributed by atoms with Crippen LogP contribution in [-0.2, 0) is 22.3 Å². The molecule has 0 saturated carbocycles. The van der Waals surface area contributed by atoms with Gasteiger partial charge in [-0.2, -0.15) is 0 Å². The number of Topliss-reactive ketones (excluding diaryl/α,β-unsaturated/α-hetero) is 1. The van der Waals surface area contributed by atoms with E-state index in [1.165, 1.54) is 26.5 Å². The molecule has 1 amide bonds. The van der Waals surface area contributed by atoms with Crippen molar-refractivity contribution in [1.29, 1.82) is 0 Å². The Morgan fingerprint density at radius 1 is 0.884 bits per heavy atom. The largest absolute Gasteiger partial charge is 0.493 e. The van der Waals surface area contributed by atoms with Crippen LogP contribution < -0.4 is 14.8 Å². The van der Waals surface area contributed by atoms with Crippen molar-refractivity contribution in [1.82, 2.24) is 14.8 Å². The molecule has 0 aliphatic heterocycles. The van der Waals surface area contributed by atoms with Gasteiger partial charge in [-0.25, -0.2) is 14.2 Å². The van der Waals surface area contributed by atoms with Crippen LogP contribution in [0.5, 0.6) is 11.5 Å². The Bertz CT molecular complexity index is 1440. The number of carbonyl (C=O) groups excluding carboxylic acids is 4. The molecule has 0 bridgehead atoms. The molecule has 1 aliphatic rings. The molecule has 1 N–H and O–H groups in total. The third-order valence-corrected chi connectivity index (χ3v) is 6.45. The van der Waals surface area contributed by atoms with Crippen molar-refractivity contribution >= 4 is 29.3 Å². The average molecular weight is 598 g/mol. The highest BCUT2D eigenvalue weighted by molar-refractivity contribution is 6.39. The normalized spacial score (nSPS) is 13.4. The molecule has 0 radical (unpaired) electrons. The first kappa shape index (κ1) is 33.4. The molecule has 43 heavy (non-hydrogen) atoms. The Labute approximate surface area is 253 Å². The van der Waals surface area contributed by atoms with E-state index in [9.17, 15) is 19.2 Å². The van der Waals surface area contributed by atoms with E-state index in [0.717, 1.165) is 10.1 Å². The Morgan fingerprint density at radius 2 is 1.53 bits per heavy atom. The number of amides is 1. The summed E-state index contributed by atoms with van der Waals surface area (Å²) in [6.07, 6.45) is 2.01. The van der Waals surface area contributed by atoms with Crippen LogP contribution in [-0.4, -0.2) is 85.8 Å². The summed E-state index contributed by atoms with van der Waals surface area (Å²) in [7, 11) is 6.84. The molecule has 11 nitrogen and oxygen atoms in total. The fourth-order valence-electron chi connectivity index (χ4n) is 4.71. The van der Waals surface area contributed by atoms with E-state index >= 15 is 0 Å². The van der Waals surface area contributed by atoms with Crippen molar-refractivity contribution in [2.45, 2.75) is 65.6 Å². The summed E-state index contributed by atoms with van der Waals surface area (Å²) in [5, 5.41) is 2.66. The maximum atomic E-state index is 14.3. The van der Waals surface area contributed by atoms with Crippen LogP contribution in [0.3, 0.4) is 0 Å². The van der Waals surface area contributed by atoms with Crippen molar-refractivity contribution in [3.05, 3.63) is 52.4 Å². The van der Waals surface area contributed by atoms with Crippen LogP contribution in [0.4, 0.5) is 9.59 Å². The molecule has 1 aromatic carbocycles. The highest BCUT2D eigenvalue weighted by Crippen LogP contribution is 2.42. The van der Waals surface area contributed by atoms with Crippen LogP contribution >= 0.6 is 0 Å². The minimum atomic E-state index is -0.859. The van der Waals surface area contributed by atoms with Gasteiger partial charge in [-0.15, -0.1) is 0 Å². The first-order chi connectivity index (χ1) is 20.0. The summed E-state index contributed by atoms with van der Waals surface area (Å²) >= 11 is 0. The topological polar surface area (TPSA) is 125 Å². The monoisotopic (exact) mass is 597 g/mol. The number of rotatable bonds is 9. The lowest BCUT2D eigenvalue weighted by Gasteiger charge is -2.23. The molecule has 3 rings (SSSR count). The van der Waals surface area contributed by atoms with E-state index in [1.807, 2.05) is 25.1 Å². The quantitative estimate of drug-likeness (QED) is 0.429. The number of nitrogens with zero attached hydrogens (tertiary/aromatic N) is 2. The van der Waals surface area contributed by atoms with Crippen molar-refractivity contribution in [2.24, 2.45) is 0 Å². The van der Waals surface area contributed by atoms with Gasteiger partial charge in [0.05, 0.1) is 19.8 Å². The van der Waals surface area contributed by atoms with Gasteiger partial charge >= 0.3 is 12.2 Å². The van der Waals surface area contributed by atoms with E-state index in [2.05, 4.69) is 5.32 Å². The number of aromatic nitrogens is 1. The van der Waals surface area contributed by atoms with Gasteiger partial charge in [0, 0.05) is 30.4 Å². The molecule has 11 heteroatoms. The van der Waals surface area contributed by atoms with E-state index in [4.69, 9.17) is 18.9 Å². The van der Waals surface area contributed by atoms with Crippen LogP contribution in [0.15, 0.2) is 24.4 Å².